The summed E-state index contributed by atoms with van der Waals surface area (Å²) in [5, 5.41) is 0. The number of aryl methyl sites for hydroxylation is 1. The number of amides is 1. The van der Waals surface area contributed by atoms with Crippen molar-refractivity contribution in [2.24, 2.45) is 0 Å². The molecule has 0 radical (unpaired) electrons. The lowest BCUT2D eigenvalue weighted by Gasteiger charge is -2.17. The Labute approximate surface area is 114 Å². The standard InChI is InChI=1S/C15H21NO3/c1-4-19-15(18)10-9-14(17)16(3)11-13-7-5-12(2)6-8-13/h5-8H,4,9-11H2,1-3H3. The van der Waals surface area contributed by atoms with E-state index in [4.69, 9.17) is 4.74 Å². The molecule has 0 aliphatic rings. The van der Waals surface area contributed by atoms with Crippen molar-refractivity contribution in [2.45, 2.75) is 33.2 Å². The Morgan fingerprint density at radius 3 is 2.37 bits per heavy atom. The third-order valence-electron chi connectivity index (χ3n) is 2.81. The van der Waals surface area contributed by atoms with Crippen molar-refractivity contribution in [3.05, 3.63) is 35.4 Å². The van der Waals surface area contributed by atoms with Crippen LogP contribution < -0.4 is 0 Å². The Kier molecular flexibility index (Phi) is 6.06. The first kappa shape index (κ1) is 15.2. The van der Waals surface area contributed by atoms with Gasteiger partial charge in [0.2, 0.25) is 5.91 Å². The van der Waals surface area contributed by atoms with Crippen LogP contribution in [-0.2, 0) is 20.9 Å². The fourth-order valence-corrected chi connectivity index (χ4v) is 1.69. The van der Waals surface area contributed by atoms with Crippen molar-refractivity contribution in [3.8, 4) is 0 Å². The fourth-order valence-electron chi connectivity index (χ4n) is 1.69. The van der Waals surface area contributed by atoms with Gasteiger partial charge in [0.15, 0.2) is 0 Å². The largest absolute Gasteiger partial charge is 0.466 e. The summed E-state index contributed by atoms with van der Waals surface area (Å²) in [6.45, 7) is 4.69. The minimum Gasteiger partial charge on any atom is -0.466 e. The molecule has 0 fully saturated rings. The van der Waals surface area contributed by atoms with E-state index in [0.29, 0.717) is 13.2 Å². The van der Waals surface area contributed by atoms with E-state index >= 15 is 0 Å². The molecule has 0 aromatic heterocycles. The summed E-state index contributed by atoms with van der Waals surface area (Å²) in [4.78, 5) is 24.6. The number of esters is 1. The molecule has 0 aliphatic heterocycles. The number of hydrogen-bond acceptors (Lipinski definition) is 3. The zero-order valence-electron chi connectivity index (χ0n) is 11.8. The van der Waals surface area contributed by atoms with E-state index in [9.17, 15) is 9.59 Å². The van der Waals surface area contributed by atoms with E-state index in [2.05, 4.69) is 0 Å². The van der Waals surface area contributed by atoms with Crippen molar-refractivity contribution in [2.75, 3.05) is 13.7 Å². The van der Waals surface area contributed by atoms with E-state index in [1.54, 1.807) is 18.9 Å². The van der Waals surface area contributed by atoms with Gasteiger partial charge in [0, 0.05) is 20.0 Å². The highest BCUT2D eigenvalue weighted by Gasteiger charge is 2.12. The molecule has 1 amide bonds. The van der Waals surface area contributed by atoms with Crippen molar-refractivity contribution in [1.82, 2.24) is 4.90 Å². The van der Waals surface area contributed by atoms with Gasteiger partial charge in [-0.25, -0.2) is 0 Å². The van der Waals surface area contributed by atoms with E-state index in [0.717, 1.165) is 5.56 Å². The van der Waals surface area contributed by atoms with Crippen LogP contribution in [0.15, 0.2) is 24.3 Å². The molecule has 1 aromatic carbocycles. The zero-order chi connectivity index (χ0) is 14.3. The van der Waals surface area contributed by atoms with Crippen LogP contribution in [0.2, 0.25) is 0 Å². The molecule has 0 unspecified atom stereocenters. The van der Waals surface area contributed by atoms with Gasteiger partial charge in [-0.15, -0.1) is 0 Å². The third kappa shape index (κ3) is 5.55. The smallest absolute Gasteiger partial charge is 0.306 e. The summed E-state index contributed by atoms with van der Waals surface area (Å²) in [5.41, 5.74) is 2.28. The number of benzene rings is 1. The summed E-state index contributed by atoms with van der Waals surface area (Å²) in [7, 11) is 1.74. The first-order valence-electron chi connectivity index (χ1n) is 6.48. The Balaban J connectivity index is 2.40. The van der Waals surface area contributed by atoms with Crippen LogP contribution in [0.4, 0.5) is 0 Å². The minimum absolute atomic E-state index is 0.0476. The molecule has 1 rings (SSSR count). The molecular weight excluding hydrogens is 242 g/mol. The van der Waals surface area contributed by atoms with Crippen LogP contribution in [0.5, 0.6) is 0 Å². The van der Waals surface area contributed by atoms with Crippen molar-refractivity contribution in [1.29, 1.82) is 0 Å². The quantitative estimate of drug-likeness (QED) is 0.740. The van der Waals surface area contributed by atoms with Crippen LogP contribution in [0.3, 0.4) is 0 Å². The van der Waals surface area contributed by atoms with Gasteiger partial charge in [-0.05, 0) is 19.4 Å². The number of rotatable bonds is 6. The maximum atomic E-state index is 11.8. The van der Waals surface area contributed by atoms with Crippen molar-refractivity contribution < 1.29 is 14.3 Å². The molecule has 4 nitrogen and oxygen atoms in total. The summed E-state index contributed by atoms with van der Waals surface area (Å²) >= 11 is 0. The van der Waals surface area contributed by atoms with E-state index in [1.807, 2.05) is 31.2 Å². The predicted octanol–water partition coefficient (Wildman–Crippen LogP) is 2.30. The molecule has 104 valence electrons. The van der Waals surface area contributed by atoms with Crippen LogP contribution in [0.1, 0.15) is 30.9 Å². The summed E-state index contributed by atoms with van der Waals surface area (Å²) < 4.78 is 4.79. The molecular formula is C15H21NO3. The fraction of sp³-hybridized carbons (Fsp3) is 0.467. The number of ether oxygens (including phenoxy) is 1. The summed E-state index contributed by atoms with van der Waals surface area (Å²) in [5.74, 6) is -0.367. The van der Waals surface area contributed by atoms with E-state index in [-0.39, 0.29) is 24.7 Å². The molecule has 19 heavy (non-hydrogen) atoms. The first-order valence-corrected chi connectivity index (χ1v) is 6.48. The third-order valence-corrected chi connectivity index (χ3v) is 2.81. The number of hydrogen-bond donors (Lipinski definition) is 0. The van der Waals surface area contributed by atoms with Gasteiger partial charge in [-0.3, -0.25) is 9.59 Å². The predicted molar refractivity (Wildman–Crippen MR) is 73.5 cm³/mol. The number of nitrogens with zero attached hydrogens (tertiary/aromatic N) is 1. The van der Waals surface area contributed by atoms with Crippen LogP contribution >= 0.6 is 0 Å². The van der Waals surface area contributed by atoms with Crippen LogP contribution in [0.25, 0.3) is 0 Å². The molecule has 1 aromatic rings. The van der Waals surface area contributed by atoms with Crippen molar-refractivity contribution >= 4 is 11.9 Å². The second-order valence-electron chi connectivity index (χ2n) is 4.54. The minimum atomic E-state index is -0.320. The molecule has 0 N–H and O–H groups in total. The molecule has 0 saturated heterocycles. The normalized spacial score (nSPS) is 10.1. The van der Waals surface area contributed by atoms with Crippen LogP contribution in [-0.4, -0.2) is 30.4 Å². The summed E-state index contributed by atoms with van der Waals surface area (Å²) in [6.07, 6.45) is 0.339. The molecule has 0 saturated carbocycles. The highest BCUT2D eigenvalue weighted by molar-refractivity contribution is 5.81. The van der Waals surface area contributed by atoms with E-state index < -0.39 is 0 Å². The second kappa shape index (κ2) is 7.56. The van der Waals surface area contributed by atoms with Gasteiger partial charge < -0.3 is 9.64 Å². The molecule has 0 bridgehead atoms. The maximum Gasteiger partial charge on any atom is 0.306 e. The SMILES string of the molecule is CCOC(=O)CCC(=O)N(C)Cc1ccc(C)cc1. The molecule has 0 heterocycles. The molecule has 4 heteroatoms. The maximum absolute atomic E-state index is 11.8. The van der Waals surface area contributed by atoms with Crippen LogP contribution in [0, 0.1) is 6.92 Å². The topological polar surface area (TPSA) is 46.6 Å². The Hall–Kier alpha value is -1.84. The highest BCUT2D eigenvalue weighted by Crippen LogP contribution is 2.07. The average Bonchev–Trinajstić information content (AvgIpc) is 2.39. The van der Waals surface area contributed by atoms with Gasteiger partial charge in [-0.2, -0.15) is 0 Å². The Bertz CT molecular complexity index is 426. The van der Waals surface area contributed by atoms with Crippen molar-refractivity contribution in [3.63, 3.8) is 0 Å². The monoisotopic (exact) mass is 263 g/mol. The molecule has 0 aliphatic carbocycles. The van der Waals surface area contributed by atoms with E-state index in [1.165, 1.54) is 5.56 Å². The summed E-state index contributed by atoms with van der Waals surface area (Å²) in [6, 6.07) is 8.05. The second-order valence-corrected chi connectivity index (χ2v) is 4.54. The van der Waals surface area contributed by atoms with Gasteiger partial charge >= 0.3 is 5.97 Å². The van der Waals surface area contributed by atoms with Gasteiger partial charge in [0.05, 0.1) is 13.0 Å². The lowest BCUT2D eigenvalue weighted by Crippen LogP contribution is -2.26. The Morgan fingerprint density at radius 1 is 1.16 bits per heavy atom. The van der Waals surface area contributed by atoms with Gasteiger partial charge in [-0.1, -0.05) is 29.8 Å². The average molecular weight is 263 g/mol. The zero-order valence-corrected chi connectivity index (χ0v) is 11.8. The number of carbonyl (C=O) groups excluding carboxylic acids is 2. The Morgan fingerprint density at radius 2 is 1.79 bits per heavy atom. The van der Waals surface area contributed by atoms with Gasteiger partial charge in [0.1, 0.15) is 0 Å². The molecule has 0 atom stereocenters. The molecule has 0 spiro atoms. The highest BCUT2D eigenvalue weighted by atomic mass is 16.5. The number of carbonyl (C=O) groups is 2. The van der Waals surface area contributed by atoms with Gasteiger partial charge in [0.25, 0.3) is 0 Å². The lowest BCUT2D eigenvalue weighted by molar-refractivity contribution is -0.145. The first-order chi connectivity index (χ1) is 9.02. The lowest BCUT2D eigenvalue weighted by atomic mass is 10.1.